The molecule has 3 rings (SSSR count). The molecule has 0 unspecified atom stereocenters. The molecule has 192 valence electrons. The maximum Gasteiger partial charge on any atom is 0.419 e. The minimum absolute atomic E-state index is 0.197. The third kappa shape index (κ3) is 6.91. The lowest BCUT2D eigenvalue weighted by Gasteiger charge is -2.16. The molecule has 0 fully saturated rings. The van der Waals surface area contributed by atoms with E-state index in [-0.39, 0.29) is 11.3 Å². The second-order valence-electron chi connectivity index (χ2n) is 7.16. The Morgan fingerprint density at radius 1 is 0.944 bits per heavy atom. The van der Waals surface area contributed by atoms with Crippen LogP contribution >= 0.6 is 0 Å². The van der Waals surface area contributed by atoms with E-state index in [4.69, 9.17) is 0 Å². The summed E-state index contributed by atoms with van der Waals surface area (Å²) in [4.78, 5) is 15.8. The van der Waals surface area contributed by atoms with Gasteiger partial charge in [-0.3, -0.25) is 4.98 Å². The van der Waals surface area contributed by atoms with Crippen LogP contribution < -0.4 is 15.4 Å². The standard InChI is InChI=1S/C21H15F7N4O3S/c22-17-6-3-13(8-16(17)21(26,27)28)31-19(33)32-18-9-14(36(34,35)30-11-20(23,24)25)4-5-15(18)12-2-1-7-29-10-12/h1-10,30H,11H2,(H2,31,32,33). The van der Waals surface area contributed by atoms with Gasteiger partial charge in [-0.05, 0) is 36.4 Å². The molecule has 0 saturated carbocycles. The van der Waals surface area contributed by atoms with Crippen LogP contribution in [-0.2, 0) is 16.2 Å². The first-order valence-corrected chi connectivity index (χ1v) is 11.2. The molecule has 1 aromatic heterocycles. The van der Waals surface area contributed by atoms with Crippen molar-refractivity contribution in [1.29, 1.82) is 0 Å². The molecule has 0 aliphatic rings. The number of amides is 2. The summed E-state index contributed by atoms with van der Waals surface area (Å²) in [7, 11) is -4.66. The van der Waals surface area contributed by atoms with Gasteiger partial charge in [-0.2, -0.15) is 26.3 Å². The van der Waals surface area contributed by atoms with Gasteiger partial charge in [0.25, 0.3) is 0 Å². The topological polar surface area (TPSA) is 100 Å². The summed E-state index contributed by atoms with van der Waals surface area (Å²) in [6.45, 7) is -1.84. The van der Waals surface area contributed by atoms with E-state index in [1.807, 2.05) is 0 Å². The molecule has 0 bridgehead atoms. The Hall–Kier alpha value is -3.72. The minimum atomic E-state index is -5.03. The van der Waals surface area contributed by atoms with Gasteiger partial charge in [0, 0.05) is 29.2 Å². The summed E-state index contributed by atoms with van der Waals surface area (Å²) in [5, 5.41) is 4.31. The number of urea groups is 1. The van der Waals surface area contributed by atoms with Crippen LogP contribution in [0.3, 0.4) is 0 Å². The first kappa shape index (κ1) is 26.9. The summed E-state index contributed by atoms with van der Waals surface area (Å²) in [6, 6.07) is 6.72. The first-order valence-electron chi connectivity index (χ1n) is 9.71. The maximum absolute atomic E-state index is 13.5. The van der Waals surface area contributed by atoms with Gasteiger partial charge in [0.1, 0.15) is 12.4 Å². The van der Waals surface area contributed by atoms with Crippen LogP contribution in [0.5, 0.6) is 0 Å². The fourth-order valence-corrected chi connectivity index (χ4v) is 3.97. The summed E-state index contributed by atoms with van der Waals surface area (Å²) < 4.78 is 116. The lowest BCUT2D eigenvalue weighted by molar-refractivity contribution is -0.140. The number of benzene rings is 2. The zero-order chi connectivity index (χ0) is 26.7. The van der Waals surface area contributed by atoms with E-state index in [1.165, 1.54) is 35.3 Å². The Labute approximate surface area is 199 Å². The van der Waals surface area contributed by atoms with Crippen molar-refractivity contribution in [3.8, 4) is 11.1 Å². The van der Waals surface area contributed by atoms with Crippen molar-refractivity contribution in [2.24, 2.45) is 0 Å². The zero-order valence-electron chi connectivity index (χ0n) is 17.7. The number of sulfonamides is 1. The van der Waals surface area contributed by atoms with Crippen LogP contribution in [0, 0.1) is 5.82 Å². The SMILES string of the molecule is O=C(Nc1ccc(F)c(C(F)(F)F)c1)Nc1cc(S(=O)(=O)NCC(F)(F)F)ccc1-c1cccnc1. The van der Waals surface area contributed by atoms with Crippen molar-refractivity contribution >= 4 is 27.4 Å². The summed E-state index contributed by atoms with van der Waals surface area (Å²) in [5.74, 6) is -1.56. The van der Waals surface area contributed by atoms with Gasteiger partial charge >= 0.3 is 18.4 Å². The quantitative estimate of drug-likeness (QED) is 0.368. The van der Waals surface area contributed by atoms with E-state index in [1.54, 1.807) is 0 Å². The van der Waals surface area contributed by atoms with Crippen LogP contribution in [0.2, 0.25) is 0 Å². The fourth-order valence-electron chi connectivity index (χ4n) is 2.93. The molecular formula is C21H15F7N4O3S. The van der Waals surface area contributed by atoms with E-state index in [0.29, 0.717) is 17.7 Å². The van der Waals surface area contributed by atoms with Crippen LogP contribution in [0.25, 0.3) is 11.1 Å². The molecule has 3 N–H and O–H groups in total. The highest BCUT2D eigenvalue weighted by Gasteiger charge is 2.34. The monoisotopic (exact) mass is 536 g/mol. The highest BCUT2D eigenvalue weighted by atomic mass is 32.2. The van der Waals surface area contributed by atoms with Crippen molar-refractivity contribution in [2.45, 2.75) is 17.2 Å². The number of hydrogen-bond acceptors (Lipinski definition) is 4. The third-order valence-electron chi connectivity index (χ3n) is 4.51. The number of halogens is 7. The van der Waals surface area contributed by atoms with Gasteiger partial charge in [-0.25, -0.2) is 22.3 Å². The number of nitrogens with zero attached hydrogens (tertiary/aromatic N) is 1. The van der Waals surface area contributed by atoms with E-state index in [2.05, 4.69) is 15.6 Å². The van der Waals surface area contributed by atoms with Gasteiger partial charge in [-0.1, -0.05) is 12.1 Å². The molecule has 2 amide bonds. The van der Waals surface area contributed by atoms with Crippen molar-refractivity contribution in [3.05, 3.63) is 72.3 Å². The Morgan fingerprint density at radius 2 is 1.67 bits per heavy atom. The van der Waals surface area contributed by atoms with Gasteiger partial charge in [0.2, 0.25) is 10.0 Å². The molecule has 15 heteroatoms. The number of carbonyl (C=O) groups is 1. The normalized spacial score (nSPS) is 12.3. The highest BCUT2D eigenvalue weighted by molar-refractivity contribution is 7.89. The van der Waals surface area contributed by atoms with E-state index < -0.39 is 56.9 Å². The van der Waals surface area contributed by atoms with Crippen LogP contribution in [0.4, 0.5) is 46.9 Å². The van der Waals surface area contributed by atoms with Crippen LogP contribution in [0.1, 0.15) is 5.56 Å². The molecule has 0 atom stereocenters. The maximum atomic E-state index is 13.5. The highest BCUT2D eigenvalue weighted by Crippen LogP contribution is 2.34. The molecule has 0 aliphatic heterocycles. The molecule has 36 heavy (non-hydrogen) atoms. The molecule has 0 radical (unpaired) electrons. The predicted octanol–water partition coefficient (Wildman–Crippen LogP) is 5.39. The Morgan fingerprint density at radius 3 is 2.28 bits per heavy atom. The molecule has 3 aromatic rings. The number of pyridine rings is 1. The number of anilines is 2. The average Bonchev–Trinajstić information content (AvgIpc) is 2.78. The molecule has 0 saturated heterocycles. The smallest absolute Gasteiger partial charge is 0.308 e. The van der Waals surface area contributed by atoms with Gasteiger partial charge in [-0.15, -0.1) is 0 Å². The van der Waals surface area contributed by atoms with E-state index >= 15 is 0 Å². The average molecular weight is 536 g/mol. The summed E-state index contributed by atoms with van der Waals surface area (Å²) in [5.41, 5.74) is -1.70. The van der Waals surface area contributed by atoms with Crippen molar-refractivity contribution in [2.75, 3.05) is 17.2 Å². The number of carbonyl (C=O) groups excluding carboxylic acids is 1. The molecule has 1 heterocycles. The molecular weight excluding hydrogens is 521 g/mol. The molecule has 2 aromatic carbocycles. The number of nitrogens with one attached hydrogen (secondary N) is 3. The minimum Gasteiger partial charge on any atom is -0.308 e. The molecule has 7 nitrogen and oxygen atoms in total. The molecule has 0 spiro atoms. The van der Waals surface area contributed by atoms with Crippen molar-refractivity contribution in [1.82, 2.24) is 9.71 Å². The lowest BCUT2D eigenvalue weighted by atomic mass is 10.1. The van der Waals surface area contributed by atoms with Gasteiger partial charge in [0.15, 0.2) is 0 Å². The predicted molar refractivity (Wildman–Crippen MR) is 115 cm³/mol. The number of hydrogen-bond donors (Lipinski definition) is 3. The van der Waals surface area contributed by atoms with Crippen molar-refractivity contribution < 1.29 is 43.9 Å². The van der Waals surface area contributed by atoms with Gasteiger partial charge < -0.3 is 10.6 Å². The lowest BCUT2D eigenvalue weighted by Crippen LogP contribution is -2.33. The van der Waals surface area contributed by atoms with E-state index in [0.717, 1.165) is 18.2 Å². The second kappa shape index (κ2) is 10.1. The Balaban J connectivity index is 1.94. The number of alkyl halides is 6. The largest absolute Gasteiger partial charge is 0.419 e. The van der Waals surface area contributed by atoms with E-state index in [9.17, 15) is 43.9 Å². The van der Waals surface area contributed by atoms with Gasteiger partial charge in [0.05, 0.1) is 16.1 Å². The fraction of sp³-hybridized carbons (Fsp3) is 0.143. The summed E-state index contributed by atoms with van der Waals surface area (Å²) >= 11 is 0. The third-order valence-corrected chi connectivity index (χ3v) is 5.91. The number of aromatic nitrogens is 1. The Bertz CT molecular complexity index is 1360. The first-order chi connectivity index (χ1) is 16.7. The second-order valence-corrected chi connectivity index (χ2v) is 8.93. The van der Waals surface area contributed by atoms with Crippen molar-refractivity contribution in [3.63, 3.8) is 0 Å². The molecule has 0 aliphatic carbocycles. The Kier molecular flexibility index (Phi) is 7.54. The van der Waals surface area contributed by atoms with Crippen LogP contribution in [0.15, 0.2) is 65.8 Å². The summed E-state index contributed by atoms with van der Waals surface area (Å²) in [6.07, 6.45) is -7.08. The van der Waals surface area contributed by atoms with Crippen LogP contribution in [-0.4, -0.2) is 32.2 Å². The zero-order valence-corrected chi connectivity index (χ0v) is 18.5. The number of rotatable bonds is 6.